The van der Waals surface area contributed by atoms with Gasteiger partial charge in [-0.1, -0.05) is 30.3 Å². The highest BCUT2D eigenvalue weighted by Gasteiger charge is 2.12. The molecule has 1 heterocycles. The van der Waals surface area contributed by atoms with Gasteiger partial charge in [0.05, 0.1) is 0 Å². The molecule has 0 saturated heterocycles. The number of anilines is 1. The molecule has 4 nitrogen and oxygen atoms in total. The summed E-state index contributed by atoms with van der Waals surface area (Å²) in [5.41, 5.74) is 11.7. The summed E-state index contributed by atoms with van der Waals surface area (Å²) < 4.78 is 0. The monoisotopic (exact) mass is 242 g/mol. The number of aryl methyl sites for hydroxylation is 1. The van der Waals surface area contributed by atoms with Gasteiger partial charge < -0.3 is 5.73 Å². The average Bonchev–Trinajstić information content (AvgIpc) is 2.42. The number of hydrazine groups is 1. The number of nitrogen functional groups attached to an aromatic ring is 1. The van der Waals surface area contributed by atoms with Gasteiger partial charge in [-0.25, -0.2) is 0 Å². The van der Waals surface area contributed by atoms with Gasteiger partial charge in [-0.2, -0.15) is 0 Å². The molecule has 0 bridgehead atoms. The van der Waals surface area contributed by atoms with Gasteiger partial charge in [0.15, 0.2) is 0 Å². The lowest BCUT2D eigenvalue weighted by Crippen LogP contribution is -2.29. The maximum Gasteiger partial charge on any atom is 0.0498 e. The predicted molar refractivity (Wildman–Crippen MR) is 73.5 cm³/mol. The topological polar surface area (TPSA) is 77.0 Å². The van der Waals surface area contributed by atoms with Crippen LogP contribution in [0.15, 0.2) is 48.8 Å². The second-order valence-electron chi connectivity index (χ2n) is 4.25. The zero-order valence-corrected chi connectivity index (χ0v) is 10.2. The van der Waals surface area contributed by atoms with E-state index in [-0.39, 0.29) is 6.04 Å². The van der Waals surface area contributed by atoms with Crippen molar-refractivity contribution in [1.82, 2.24) is 10.4 Å². The first-order valence-electron chi connectivity index (χ1n) is 6.00. The van der Waals surface area contributed by atoms with Gasteiger partial charge in [0, 0.05) is 29.7 Å². The number of hydrogen-bond acceptors (Lipinski definition) is 4. The average molecular weight is 242 g/mol. The van der Waals surface area contributed by atoms with Crippen LogP contribution < -0.4 is 17.0 Å². The minimum absolute atomic E-state index is 0.0268. The van der Waals surface area contributed by atoms with Crippen molar-refractivity contribution in [3.8, 4) is 0 Å². The predicted octanol–water partition coefficient (Wildman–Crippen LogP) is 1.80. The third kappa shape index (κ3) is 3.06. The zero-order valence-electron chi connectivity index (χ0n) is 10.2. The summed E-state index contributed by atoms with van der Waals surface area (Å²) in [7, 11) is 0. The smallest absolute Gasteiger partial charge is 0.0498 e. The number of benzene rings is 1. The van der Waals surface area contributed by atoms with Crippen LogP contribution in [0.2, 0.25) is 0 Å². The molecule has 0 aliphatic heterocycles. The second kappa shape index (κ2) is 6.14. The van der Waals surface area contributed by atoms with Crippen LogP contribution in [0.5, 0.6) is 0 Å². The van der Waals surface area contributed by atoms with Gasteiger partial charge in [0.1, 0.15) is 0 Å². The Kier molecular flexibility index (Phi) is 4.28. The third-order valence-electron chi connectivity index (χ3n) is 3.03. The standard InChI is InChI=1S/C14H18N4/c15-13-8-9-17-10-12(13)14(18-16)7-6-11-4-2-1-3-5-11/h1-5,8-10,14,18H,6-7,16H2,(H2,15,17). The van der Waals surface area contributed by atoms with Crippen molar-refractivity contribution in [3.63, 3.8) is 0 Å². The lowest BCUT2D eigenvalue weighted by molar-refractivity contribution is 0.516. The molecule has 2 rings (SSSR count). The van der Waals surface area contributed by atoms with E-state index in [1.165, 1.54) is 5.56 Å². The summed E-state index contributed by atoms with van der Waals surface area (Å²) in [6.45, 7) is 0. The van der Waals surface area contributed by atoms with E-state index in [0.717, 1.165) is 24.1 Å². The molecule has 0 radical (unpaired) electrons. The van der Waals surface area contributed by atoms with Gasteiger partial charge in [0.2, 0.25) is 0 Å². The lowest BCUT2D eigenvalue weighted by Gasteiger charge is -2.17. The number of aromatic nitrogens is 1. The van der Waals surface area contributed by atoms with E-state index in [4.69, 9.17) is 11.6 Å². The molecular formula is C14H18N4. The Bertz CT molecular complexity index is 484. The quantitative estimate of drug-likeness (QED) is 0.552. The first kappa shape index (κ1) is 12.5. The maximum atomic E-state index is 5.93. The van der Waals surface area contributed by atoms with Crippen molar-refractivity contribution in [2.75, 3.05) is 5.73 Å². The summed E-state index contributed by atoms with van der Waals surface area (Å²) in [6.07, 6.45) is 5.29. The number of nitrogens with two attached hydrogens (primary N) is 2. The van der Waals surface area contributed by atoms with Gasteiger partial charge in [-0.05, 0) is 24.5 Å². The van der Waals surface area contributed by atoms with Crippen molar-refractivity contribution in [2.45, 2.75) is 18.9 Å². The van der Waals surface area contributed by atoms with Gasteiger partial charge in [0.25, 0.3) is 0 Å². The Morgan fingerprint density at radius 1 is 1.17 bits per heavy atom. The molecule has 0 amide bonds. The number of nitrogens with one attached hydrogen (secondary N) is 1. The normalized spacial score (nSPS) is 12.3. The summed E-state index contributed by atoms with van der Waals surface area (Å²) in [6, 6.07) is 12.1. The minimum atomic E-state index is 0.0268. The minimum Gasteiger partial charge on any atom is -0.398 e. The Morgan fingerprint density at radius 2 is 1.94 bits per heavy atom. The van der Waals surface area contributed by atoms with E-state index in [1.54, 1.807) is 18.5 Å². The van der Waals surface area contributed by atoms with E-state index in [0.29, 0.717) is 0 Å². The summed E-state index contributed by atoms with van der Waals surface area (Å²) in [5.74, 6) is 5.60. The first-order valence-corrected chi connectivity index (χ1v) is 6.00. The number of rotatable bonds is 5. The van der Waals surface area contributed by atoms with Crippen molar-refractivity contribution >= 4 is 5.69 Å². The molecule has 18 heavy (non-hydrogen) atoms. The van der Waals surface area contributed by atoms with Gasteiger partial charge in [-0.3, -0.25) is 16.3 Å². The molecule has 0 aliphatic rings. The van der Waals surface area contributed by atoms with Crippen LogP contribution in [-0.4, -0.2) is 4.98 Å². The second-order valence-corrected chi connectivity index (χ2v) is 4.25. The van der Waals surface area contributed by atoms with Crippen LogP contribution in [0.25, 0.3) is 0 Å². The van der Waals surface area contributed by atoms with Crippen LogP contribution in [0.4, 0.5) is 5.69 Å². The molecule has 1 aromatic carbocycles. The number of hydrogen-bond donors (Lipinski definition) is 3. The fourth-order valence-electron chi connectivity index (χ4n) is 1.99. The molecular weight excluding hydrogens is 224 g/mol. The molecule has 94 valence electrons. The van der Waals surface area contributed by atoms with Gasteiger partial charge in [-0.15, -0.1) is 0 Å². The molecule has 1 aromatic heterocycles. The molecule has 0 fully saturated rings. The van der Waals surface area contributed by atoms with Crippen LogP contribution in [0.3, 0.4) is 0 Å². The molecule has 1 atom stereocenters. The third-order valence-corrected chi connectivity index (χ3v) is 3.03. The van der Waals surface area contributed by atoms with Crippen molar-refractivity contribution < 1.29 is 0 Å². The fourth-order valence-corrected chi connectivity index (χ4v) is 1.99. The van der Waals surface area contributed by atoms with E-state index in [2.05, 4.69) is 22.5 Å². The highest BCUT2D eigenvalue weighted by Crippen LogP contribution is 2.22. The van der Waals surface area contributed by atoms with E-state index in [1.807, 2.05) is 18.2 Å². The Balaban J connectivity index is 2.04. The molecule has 2 aromatic rings. The van der Waals surface area contributed by atoms with Crippen LogP contribution in [-0.2, 0) is 6.42 Å². The molecule has 0 aliphatic carbocycles. The molecule has 0 saturated carbocycles. The highest BCUT2D eigenvalue weighted by molar-refractivity contribution is 5.46. The number of nitrogens with zero attached hydrogens (tertiary/aromatic N) is 1. The van der Waals surface area contributed by atoms with E-state index >= 15 is 0 Å². The molecule has 5 N–H and O–H groups in total. The van der Waals surface area contributed by atoms with Crippen molar-refractivity contribution in [2.24, 2.45) is 5.84 Å². The molecule has 1 unspecified atom stereocenters. The largest absolute Gasteiger partial charge is 0.398 e. The van der Waals surface area contributed by atoms with Gasteiger partial charge >= 0.3 is 0 Å². The molecule has 0 spiro atoms. The highest BCUT2D eigenvalue weighted by atomic mass is 15.2. The van der Waals surface area contributed by atoms with Crippen LogP contribution in [0.1, 0.15) is 23.6 Å². The van der Waals surface area contributed by atoms with E-state index < -0.39 is 0 Å². The van der Waals surface area contributed by atoms with Crippen molar-refractivity contribution in [1.29, 1.82) is 0 Å². The van der Waals surface area contributed by atoms with Crippen molar-refractivity contribution in [3.05, 3.63) is 59.9 Å². The Morgan fingerprint density at radius 3 is 2.61 bits per heavy atom. The summed E-state index contributed by atoms with van der Waals surface area (Å²) >= 11 is 0. The van der Waals surface area contributed by atoms with Crippen LogP contribution >= 0.6 is 0 Å². The first-order chi connectivity index (χ1) is 8.81. The summed E-state index contributed by atoms with van der Waals surface area (Å²) in [4.78, 5) is 4.09. The lowest BCUT2D eigenvalue weighted by atomic mass is 10.00. The Labute approximate surface area is 107 Å². The van der Waals surface area contributed by atoms with Crippen LogP contribution in [0, 0.1) is 0 Å². The SMILES string of the molecule is NNC(CCc1ccccc1)c1cnccc1N. The van der Waals surface area contributed by atoms with E-state index in [9.17, 15) is 0 Å². The fraction of sp³-hybridized carbons (Fsp3) is 0.214. The molecule has 4 heteroatoms. The number of pyridine rings is 1. The Hall–Kier alpha value is -1.91. The zero-order chi connectivity index (χ0) is 12.8. The summed E-state index contributed by atoms with van der Waals surface area (Å²) in [5, 5.41) is 0. The maximum absolute atomic E-state index is 5.93.